The molecule has 0 aromatic rings. The maximum atomic E-state index is 11.6. The molecule has 0 spiro atoms. The SMILES string of the molecule is CCOC(=O)CN(CC)C(=O)CSCC#N. The molecule has 16 heavy (non-hydrogen) atoms. The fourth-order valence-electron chi connectivity index (χ4n) is 1.01. The first-order valence-corrected chi connectivity index (χ1v) is 6.19. The van der Waals surface area contributed by atoms with Gasteiger partial charge in [-0.25, -0.2) is 0 Å². The van der Waals surface area contributed by atoms with Crippen LogP contribution in [-0.4, -0.2) is 48.0 Å². The highest BCUT2D eigenvalue weighted by molar-refractivity contribution is 8.00. The van der Waals surface area contributed by atoms with E-state index in [1.54, 1.807) is 13.8 Å². The topological polar surface area (TPSA) is 70.4 Å². The molecule has 0 saturated carbocycles. The molecule has 0 aliphatic carbocycles. The van der Waals surface area contributed by atoms with Crippen LogP contribution in [0.3, 0.4) is 0 Å². The Morgan fingerprint density at radius 3 is 2.62 bits per heavy atom. The Kier molecular flexibility index (Phi) is 8.35. The average molecular weight is 244 g/mol. The lowest BCUT2D eigenvalue weighted by atomic mass is 10.4. The number of amides is 1. The highest BCUT2D eigenvalue weighted by Crippen LogP contribution is 2.02. The van der Waals surface area contributed by atoms with Gasteiger partial charge in [0, 0.05) is 6.54 Å². The minimum absolute atomic E-state index is 0.0176. The normalized spacial score (nSPS) is 9.31. The van der Waals surface area contributed by atoms with Gasteiger partial charge in [0.05, 0.1) is 24.2 Å². The van der Waals surface area contributed by atoms with Crippen LogP contribution in [0.1, 0.15) is 13.8 Å². The molecule has 0 aromatic heterocycles. The lowest BCUT2D eigenvalue weighted by molar-refractivity contribution is -0.148. The van der Waals surface area contributed by atoms with Crippen LogP contribution in [0.5, 0.6) is 0 Å². The summed E-state index contributed by atoms with van der Waals surface area (Å²) in [5, 5.41) is 8.32. The molecule has 0 radical (unpaired) electrons. The minimum atomic E-state index is -0.400. The number of esters is 1. The molecule has 0 bridgehead atoms. The molecule has 90 valence electrons. The number of likely N-dealkylation sites (N-methyl/N-ethyl adjacent to an activating group) is 1. The standard InChI is InChI=1S/C10H16N2O3S/c1-3-12(7-10(14)15-4-2)9(13)8-16-6-5-11/h3-4,6-8H2,1-2H3. The first kappa shape index (κ1) is 14.8. The summed E-state index contributed by atoms with van der Waals surface area (Å²) >= 11 is 1.24. The van der Waals surface area contributed by atoms with Gasteiger partial charge < -0.3 is 9.64 Å². The third kappa shape index (κ3) is 6.30. The van der Waals surface area contributed by atoms with Crippen molar-refractivity contribution in [2.24, 2.45) is 0 Å². The third-order valence-corrected chi connectivity index (χ3v) is 2.54. The molecule has 0 N–H and O–H groups in total. The molecule has 0 heterocycles. The Hall–Kier alpha value is -1.22. The molecular weight excluding hydrogens is 228 g/mol. The van der Waals surface area contributed by atoms with Crippen molar-refractivity contribution >= 4 is 23.6 Å². The van der Waals surface area contributed by atoms with Gasteiger partial charge in [0.2, 0.25) is 5.91 Å². The molecule has 1 amide bonds. The van der Waals surface area contributed by atoms with E-state index in [1.807, 2.05) is 6.07 Å². The van der Waals surface area contributed by atoms with E-state index in [0.29, 0.717) is 13.2 Å². The van der Waals surface area contributed by atoms with Gasteiger partial charge in [-0.2, -0.15) is 5.26 Å². The highest BCUT2D eigenvalue weighted by Gasteiger charge is 2.15. The Balaban J connectivity index is 4.02. The molecular formula is C10H16N2O3S. The van der Waals surface area contributed by atoms with Gasteiger partial charge in [0.25, 0.3) is 0 Å². The number of carbonyl (C=O) groups is 2. The minimum Gasteiger partial charge on any atom is -0.465 e. The molecule has 5 nitrogen and oxygen atoms in total. The zero-order chi connectivity index (χ0) is 12.4. The second-order valence-electron chi connectivity index (χ2n) is 2.86. The predicted molar refractivity (Wildman–Crippen MR) is 61.8 cm³/mol. The summed E-state index contributed by atoms with van der Waals surface area (Å²) in [5.74, 6) is -0.0393. The predicted octanol–water partition coefficient (Wildman–Crippen LogP) is 0.655. The van der Waals surface area contributed by atoms with Gasteiger partial charge in [0.15, 0.2) is 0 Å². The van der Waals surface area contributed by atoms with Crippen LogP contribution in [0.15, 0.2) is 0 Å². The summed E-state index contributed by atoms with van der Waals surface area (Å²) in [4.78, 5) is 24.2. The van der Waals surface area contributed by atoms with Gasteiger partial charge in [-0.1, -0.05) is 0 Å². The number of nitriles is 1. The van der Waals surface area contributed by atoms with E-state index in [-0.39, 0.29) is 24.0 Å². The van der Waals surface area contributed by atoms with Crippen molar-refractivity contribution in [2.75, 3.05) is 31.2 Å². The van der Waals surface area contributed by atoms with Gasteiger partial charge in [-0.05, 0) is 13.8 Å². The maximum absolute atomic E-state index is 11.6. The zero-order valence-corrected chi connectivity index (χ0v) is 10.4. The molecule has 6 heteroatoms. The molecule has 0 saturated heterocycles. The van der Waals surface area contributed by atoms with Crippen molar-refractivity contribution in [3.05, 3.63) is 0 Å². The van der Waals surface area contributed by atoms with Crippen molar-refractivity contribution in [1.82, 2.24) is 4.90 Å². The summed E-state index contributed by atoms with van der Waals surface area (Å²) in [6.07, 6.45) is 0. The summed E-state index contributed by atoms with van der Waals surface area (Å²) in [6.45, 7) is 4.28. The van der Waals surface area contributed by atoms with Crippen molar-refractivity contribution in [3.8, 4) is 6.07 Å². The summed E-state index contributed by atoms with van der Waals surface area (Å²) in [5.41, 5.74) is 0. The van der Waals surface area contributed by atoms with Crippen LogP contribution in [0.25, 0.3) is 0 Å². The van der Waals surface area contributed by atoms with Crippen LogP contribution in [0.2, 0.25) is 0 Å². The van der Waals surface area contributed by atoms with Gasteiger partial charge >= 0.3 is 5.97 Å². The number of hydrogen-bond acceptors (Lipinski definition) is 5. The van der Waals surface area contributed by atoms with E-state index in [4.69, 9.17) is 10.00 Å². The molecule has 0 unspecified atom stereocenters. The Labute approximate surface area is 99.7 Å². The second kappa shape index (κ2) is 9.04. The van der Waals surface area contributed by atoms with Crippen molar-refractivity contribution < 1.29 is 14.3 Å². The molecule has 0 aliphatic heterocycles. The Bertz CT molecular complexity index is 276. The van der Waals surface area contributed by atoms with Crippen LogP contribution >= 0.6 is 11.8 Å². The molecule has 0 fully saturated rings. The number of nitrogens with zero attached hydrogens (tertiary/aromatic N) is 2. The van der Waals surface area contributed by atoms with Gasteiger partial charge in [0.1, 0.15) is 6.54 Å². The van der Waals surface area contributed by atoms with Crippen LogP contribution < -0.4 is 0 Å². The third-order valence-electron chi connectivity index (χ3n) is 1.75. The Morgan fingerprint density at radius 2 is 2.12 bits per heavy atom. The van der Waals surface area contributed by atoms with Crippen LogP contribution in [0, 0.1) is 11.3 Å². The van der Waals surface area contributed by atoms with Crippen molar-refractivity contribution in [1.29, 1.82) is 5.26 Å². The number of thioether (sulfide) groups is 1. The van der Waals surface area contributed by atoms with E-state index < -0.39 is 5.97 Å². The molecule has 0 atom stereocenters. The summed E-state index contributed by atoms with van der Waals surface area (Å²) in [6, 6.07) is 1.94. The molecule has 0 aromatic carbocycles. The van der Waals surface area contributed by atoms with Crippen molar-refractivity contribution in [2.45, 2.75) is 13.8 Å². The monoisotopic (exact) mass is 244 g/mol. The largest absolute Gasteiger partial charge is 0.465 e. The van der Waals surface area contributed by atoms with Gasteiger partial charge in [-0.3, -0.25) is 9.59 Å². The van der Waals surface area contributed by atoms with E-state index in [1.165, 1.54) is 16.7 Å². The van der Waals surface area contributed by atoms with E-state index in [0.717, 1.165) is 0 Å². The van der Waals surface area contributed by atoms with E-state index >= 15 is 0 Å². The lowest BCUT2D eigenvalue weighted by Gasteiger charge is -2.19. The van der Waals surface area contributed by atoms with E-state index in [2.05, 4.69) is 0 Å². The first-order valence-electron chi connectivity index (χ1n) is 5.03. The smallest absolute Gasteiger partial charge is 0.325 e. The average Bonchev–Trinajstić information content (AvgIpc) is 2.26. The summed E-state index contributed by atoms with van der Waals surface area (Å²) in [7, 11) is 0. The number of carbonyl (C=O) groups excluding carboxylic acids is 2. The first-order chi connectivity index (χ1) is 7.65. The fourth-order valence-corrected chi connectivity index (χ4v) is 1.56. The second-order valence-corrected chi connectivity index (χ2v) is 3.85. The zero-order valence-electron chi connectivity index (χ0n) is 9.56. The Morgan fingerprint density at radius 1 is 1.44 bits per heavy atom. The van der Waals surface area contributed by atoms with Crippen LogP contribution in [0.4, 0.5) is 0 Å². The number of hydrogen-bond donors (Lipinski definition) is 0. The quantitative estimate of drug-likeness (QED) is 0.486. The molecule has 0 aliphatic rings. The fraction of sp³-hybridized carbons (Fsp3) is 0.700. The lowest BCUT2D eigenvalue weighted by Crippen LogP contribution is -2.37. The molecule has 0 rings (SSSR count). The van der Waals surface area contributed by atoms with Crippen molar-refractivity contribution in [3.63, 3.8) is 0 Å². The van der Waals surface area contributed by atoms with Gasteiger partial charge in [-0.15, -0.1) is 11.8 Å². The number of ether oxygens (including phenoxy) is 1. The van der Waals surface area contributed by atoms with Crippen LogP contribution in [-0.2, 0) is 14.3 Å². The maximum Gasteiger partial charge on any atom is 0.325 e. The summed E-state index contributed by atoms with van der Waals surface area (Å²) < 4.78 is 4.76. The number of rotatable bonds is 7. The highest BCUT2D eigenvalue weighted by atomic mass is 32.2. The van der Waals surface area contributed by atoms with E-state index in [9.17, 15) is 9.59 Å².